The van der Waals surface area contributed by atoms with Gasteiger partial charge in [0.05, 0.1) is 7.11 Å². The lowest BCUT2D eigenvalue weighted by atomic mass is 9.86. The van der Waals surface area contributed by atoms with E-state index in [1.807, 2.05) is 12.1 Å². The van der Waals surface area contributed by atoms with Gasteiger partial charge in [-0.05, 0) is 29.2 Å². The van der Waals surface area contributed by atoms with Crippen molar-refractivity contribution in [2.75, 3.05) is 7.11 Å². The average Bonchev–Trinajstić information content (AvgIpc) is 2.17. The van der Waals surface area contributed by atoms with E-state index in [-0.39, 0.29) is 5.41 Å². The molecule has 0 N–H and O–H groups in total. The molecule has 0 aliphatic heterocycles. The molecule has 1 heteroatoms. The first-order chi connectivity index (χ1) is 6.99. The van der Waals surface area contributed by atoms with Gasteiger partial charge in [-0.3, -0.25) is 0 Å². The molecule has 80 valence electrons. The monoisotopic (exact) mass is 202 g/mol. The molecule has 0 radical (unpaired) electrons. The predicted octanol–water partition coefficient (Wildman–Crippen LogP) is 3.79. The highest BCUT2D eigenvalue weighted by Gasteiger charge is 2.14. The first-order valence-corrected chi connectivity index (χ1v) is 5.03. The second-order valence-corrected chi connectivity index (χ2v) is 4.56. The molecular weight excluding hydrogens is 184 g/mol. The fourth-order valence-electron chi connectivity index (χ4n) is 1.42. The SMILES string of the molecule is C=C=Cc1cc(C(C)(C)C)ccc1OC. The van der Waals surface area contributed by atoms with Crippen molar-refractivity contribution in [3.8, 4) is 5.75 Å². The van der Waals surface area contributed by atoms with E-state index < -0.39 is 0 Å². The van der Waals surface area contributed by atoms with Crippen molar-refractivity contribution >= 4 is 6.08 Å². The van der Waals surface area contributed by atoms with Crippen molar-refractivity contribution in [2.45, 2.75) is 26.2 Å². The Balaban J connectivity index is 3.28. The molecule has 0 spiro atoms. The van der Waals surface area contributed by atoms with Crippen molar-refractivity contribution in [2.24, 2.45) is 0 Å². The van der Waals surface area contributed by atoms with Gasteiger partial charge in [-0.2, -0.15) is 0 Å². The highest BCUT2D eigenvalue weighted by atomic mass is 16.5. The van der Waals surface area contributed by atoms with Gasteiger partial charge in [0.1, 0.15) is 5.75 Å². The van der Waals surface area contributed by atoms with E-state index in [9.17, 15) is 0 Å². The van der Waals surface area contributed by atoms with Crippen LogP contribution in [0, 0.1) is 0 Å². The summed E-state index contributed by atoms with van der Waals surface area (Å²) in [7, 11) is 1.67. The fourth-order valence-corrected chi connectivity index (χ4v) is 1.42. The third-order valence-electron chi connectivity index (χ3n) is 2.35. The number of benzene rings is 1. The summed E-state index contributed by atoms with van der Waals surface area (Å²) in [6, 6.07) is 6.21. The van der Waals surface area contributed by atoms with E-state index in [4.69, 9.17) is 4.74 Å². The minimum atomic E-state index is 0.149. The lowest BCUT2D eigenvalue weighted by Gasteiger charge is -2.20. The molecule has 1 nitrogen and oxygen atoms in total. The Morgan fingerprint density at radius 1 is 1.33 bits per heavy atom. The van der Waals surface area contributed by atoms with Gasteiger partial charge in [-0.1, -0.05) is 33.4 Å². The normalized spacial score (nSPS) is 10.7. The molecule has 1 aromatic rings. The third-order valence-corrected chi connectivity index (χ3v) is 2.35. The summed E-state index contributed by atoms with van der Waals surface area (Å²) in [5.41, 5.74) is 5.24. The van der Waals surface area contributed by atoms with Gasteiger partial charge < -0.3 is 4.74 Å². The molecule has 0 aliphatic carbocycles. The molecule has 0 saturated carbocycles. The zero-order valence-corrected chi connectivity index (χ0v) is 9.92. The van der Waals surface area contributed by atoms with Gasteiger partial charge in [0, 0.05) is 5.56 Å². The van der Waals surface area contributed by atoms with E-state index in [0.29, 0.717) is 0 Å². The summed E-state index contributed by atoms with van der Waals surface area (Å²) in [4.78, 5) is 0. The maximum Gasteiger partial charge on any atom is 0.126 e. The zero-order chi connectivity index (χ0) is 11.5. The third kappa shape index (κ3) is 2.74. The van der Waals surface area contributed by atoms with Crippen LogP contribution >= 0.6 is 0 Å². The lowest BCUT2D eigenvalue weighted by Crippen LogP contribution is -2.11. The highest BCUT2D eigenvalue weighted by molar-refractivity contribution is 5.58. The van der Waals surface area contributed by atoms with Crippen molar-refractivity contribution in [3.63, 3.8) is 0 Å². The first-order valence-electron chi connectivity index (χ1n) is 5.03. The molecule has 0 amide bonds. The Kier molecular flexibility index (Phi) is 3.39. The fraction of sp³-hybridized carbons (Fsp3) is 0.357. The van der Waals surface area contributed by atoms with Crippen molar-refractivity contribution < 1.29 is 4.74 Å². The van der Waals surface area contributed by atoms with Crippen LogP contribution in [0.1, 0.15) is 31.9 Å². The van der Waals surface area contributed by atoms with E-state index in [2.05, 4.69) is 45.2 Å². The topological polar surface area (TPSA) is 9.23 Å². The summed E-state index contributed by atoms with van der Waals surface area (Å²) in [5.74, 6) is 0.860. The van der Waals surface area contributed by atoms with Gasteiger partial charge in [0.15, 0.2) is 0 Å². The van der Waals surface area contributed by atoms with Gasteiger partial charge in [-0.15, -0.1) is 5.73 Å². The summed E-state index contributed by atoms with van der Waals surface area (Å²) < 4.78 is 5.27. The Bertz CT molecular complexity index is 390. The predicted molar refractivity (Wildman–Crippen MR) is 65.3 cm³/mol. The Hall–Kier alpha value is -1.46. The molecule has 15 heavy (non-hydrogen) atoms. The van der Waals surface area contributed by atoms with Crippen LogP contribution in [-0.4, -0.2) is 7.11 Å². The lowest BCUT2D eigenvalue weighted by molar-refractivity contribution is 0.413. The number of rotatable bonds is 2. The molecule has 0 fully saturated rings. The molecule has 0 heterocycles. The van der Waals surface area contributed by atoms with E-state index in [1.54, 1.807) is 7.11 Å². The molecule has 1 aromatic carbocycles. The van der Waals surface area contributed by atoms with E-state index >= 15 is 0 Å². The standard InChI is InChI=1S/C14H18O/c1-6-7-11-10-12(14(2,3)4)8-9-13(11)15-5/h7-10H,1H2,2-5H3. The van der Waals surface area contributed by atoms with Crippen LogP contribution < -0.4 is 4.74 Å². The van der Waals surface area contributed by atoms with Gasteiger partial charge >= 0.3 is 0 Å². The summed E-state index contributed by atoms with van der Waals surface area (Å²) >= 11 is 0. The van der Waals surface area contributed by atoms with E-state index in [1.165, 1.54) is 5.56 Å². The second kappa shape index (κ2) is 4.37. The minimum Gasteiger partial charge on any atom is -0.496 e. The summed E-state index contributed by atoms with van der Waals surface area (Å²) in [5, 5.41) is 0. The number of ether oxygens (including phenoxy) is 1. The molecule has 0 atom stereocenters. The molecule has 0 saturated heterocycles. The van der Waals surface area contributed by atoms with Gasteiger partial charge in [-0.25, -0.2) is 0 Å². The number of methoxy groups -OCH3 is 1. The van der Waals surface area contributed by atoms with E-state index in [0.717, 1.165) is 11.3 Å². The second-order valence-electron chi connectivity index (χ2n) is 4.56. The largest absolute Gasteiger partial charge is 0.496 e. The van der Waals surface area contributed by atoms with Gasteiger partial charge in [0.2, 0.25) is 0 Å². The summed E-state index contributed by atoms with van der Waals surface area (Å²) in [6.45, 7) is 10.2. The number of hydrogen-bond donors (Lipinski definition) is 0. The molecule has 0 unspecified atom stereocenters. The van der Waals surface area contributed by atoms with Crippen molar-refractivity contribution in [3.05, 3.63) is 41.6 Å². The molecule has 0 bridgehead atoms. The quantitative estimate of drug-likeness (QED) is 0.663. The summed E-state index contributed by atoms with van der Waals surface area (Å²) in [6.07, 6.45) is 1.84. The van der Waals surface area contributed by atoms with Crippen molar-refractivity contribution in [1.82, 2.24) is 0 Å². The Morgan fingerprint density at radius 2 is 2.00 bits per heavy atom. The van der Waals surface area contributed by atoms with Crippen LogP contribution in [0.2, 0.25) is 0 Å². The molecule has 0 aromatic heterocycles. The molecule has 0 aliphatic rings. The average molecular weight is 202 g/mol. The molecular formula is C14H18O. The zero-order valence-electron chi connectivity index (χ0n) is 9.92. The van der Waals surface area contributed by atoms with Crippen LogP contribution in [0.25, 0.3) is 6.08 Å². The van der Waals surface area contributed by atoms with Gasteiger partial charge in [0.25, 0.3) is 0 Å². The number of hydrogen-bond acceptors (Lipinski definition) is 1. The first kappa shape index (κ1) is 11.6. The van der Waals surface area contributed by atoms with Crippen LogP contribution in [0.15, 0.2) is 30.5 Å². The van der Waals surface area contributed by atoms with Crippen molar-refractivity contribution in [1.29, 1.82) is 0 Å². The maximum atomic E-state index is 5.27. The molecule has 1 rings (SSSR count). The minimum absolute atomic E-state index is 0.149. The smallest absolute Gasteiger partial charge is 0.126 e. The van der Waals surface area contributed by atoms with Crippen LogP contribution in [-0.2, 0) is 5.41 Å². The highest BCUT2D eigenvalue weighted by Crippen LogP contribution is 2.28. The van der Waals surface area contributed by atoms with Crippen LogP contribution in [0.5, 0.6) is 5.75 Å². The maximum absolute atomic E-state index is 5.27. The van der Waals surface area contributed by atoms with Crippen LogP contribution in [0.3, 0.4) is 0 Å². The Labute approximate surface area is 92.1 Å². The van der Waals surface area contributed by atoms with Crippen LogP contribution in [0.4, 0.5) is 0 Å². The Morgan fingerprint density at radius 3 is 2.47 bits per heavy atom.